The highest BCUT2D eigenvalue weighted by molar-refractivity contribution is 6.19. The number of nitrogens with zero attached hydrogens (tertiary/aromatic N) is 2. The second-order valence-electron chi connectivity index (χ2n) is 12.9. The minimum absolute atomic E-state index is 0.859. The lowest BCUT2D eigenvalue weighted by molar-refractivity contribution is 0.668. The molecular formula is C46H28N2O2. The molecule has 0 aliphatic rings. The molecule has 0 radical (unpaired) electrons. The van der Waals surface area contributed by atoms with Crippen molar-refractivity contribution in [3.05, 3.63) is 170 Å². The number of aromatic nitrogens is 1. The average molecular weight is 641 g/mol. The van der Waals surface area contributed by atoms with E-state index < -0.39 is 0 Å². The quantitative estimate of drug-likeness (QED) is 0.192. The maximum atomic E-state index is 6.42. The van der Waals surface area contributed by atoms with E-state index in [1.165, 1.54) is 21.7 Å². The number of para-hydroxylation sites is 4. The van der Waals surface area contributed by atoms with Crippen LogP contribution in [0, 0.1) is 0 Å². The van der Waals surface area contributed by atoms with E-state index in [-0.39, 0.29) is 0 Å². The van der Waals surface area contributed by atoms with Gasteiger partial charge in [0.1, 0.15) is 22.3 Å². The minimum Gasteiger partial charge on any atom is -0.456 e. The Bertz CT molecular complexity index is 3110. The fourth-order valence-corrected chi connectivity index (χ4v) is 7.92. The molecule has 8 aromatic carbocycles. The van der Waals surface area contributed by atoms with Crippen LogP contribution in [0.4, 0.5) is 17.1 Å². The Hall–Kier alpha value is -6.78. The molecule has 3 aromatic heterocycles. The summed E-state index contributed by atoms with van der Waals surface area (Å²) >= 11 is 0. The molecule has 0 saturated carbocycles. The Balaban J connectivity index is 1.20. The van der Waals surface area contributed by atoms with Crippen LogP contribution in [0.3, 0.4) is 0 Å². The van der Waals surface area contributed by atoms with Gasteiger partial charge in [-0.15, -0.1) is 0 Å². The standard InChI is InChI=1S/C46H28N2O2/c1-2-10-30(11-3-1)48-40-15-7-4-12-34(40)35-23-21-32(27-41(35)48)47(33-22-24-37-36-13-5-8-16-42(36)50-45(37)28-33)31-20-18-29-19-25-44-46(39(29)26-31)38-14-6-9-17-43(38)49-44/h1-28H. The summed E-state index contributed by atoms with van der Waals surface area (Å²) < 4.78 is 15.1. The number of hydrogen-bond acceptors (Lipinski definition) is 3. The van der Waals surface area contributed by atoms with E-state index in [9.17, 15) is 0 Å². The summed E-state index contributed by atoms with van der Waals surface area (Å²) in [6.07, 6.45) is 0. The summed E-state index contributed by atoms with van der Waals surface area (Å²) in [4.78, 5) is 2.35. The molecule has 0 amide bonds. The maximum Gasteiger partial charge on any atom is 0.137 e. The molecule has 0 aliphatic heterocycles. The van der Waals surface area contributed by atoms with E-state index in [1.54, 1.807) is 0 Å². The van der Waals surface area contributed by atoms with Crippen molar-refractivity contribution in [1.82, 2.24) is 4.57 Å². The summed E-state index contributed by atoms with van der Waals surface area (Å²) in [5.41, 5.74) is 10.1. The van der Waals surface area contributed by atoms with Crippen molar-refractivity contribution < 1.29 is 8.83 Å². The second-order valence-corrected chi connectivity index (χ2v) is 12.9. The highest BCUT2D eigenvalue weighted by Crippen LogP contribution is 2.43. The maximum absolute atomic E-state index is 6.42. The zero-order valence-corrected chi connectivity index (χ0v) is 26.9. The van der Waals surface area contributed by atoms with Crippen molar-refractivity contribution in [2.75, 3.05) is 4.90 Å². The van der Waals surface area contributed by atoms with Gasteiger partial charge in [0.05, 0.1) is 11.0 Å². The van der Waals surface area contributed by atoms with Gasteiger partial charge in [-0.25, -0.2) is 0 Å². The average Bonchev–Trinajstić information content (AvgIpc) is 3.84. The summed E-state index contributed by atoms with van der Waals surface area (Å²) in [7, 11) is 0. The SMILES string of the molecule is c1ccc(-n2c3ccccc3c3ccc(N(c4ccc5c(c4)oc4ccccc45)c4ccc5ccc6oc7ccccc7c6c5c4)cc32)cc1. The first-order chi connectivity index (χ1) is 24.8. The van der Waals surface area contributed by atoms with E-state index >= 15 is 0 Å². The molecule has 4 nitrogen and oxygen atoms in total. The monoisotopic (exact) mass is 640 g/mol. The van der Waals surface area contributed by atoms with Crippen LogP contribution in [0.5, 0.6) is 0 Å². The molecule has 50 heavy (non-hydrogen) atoms. The molecule has 11 rings (SSSR count). The van der Waals surface area contributed by atoms with Gasteiger partial charge in [-0.3, -0.25) is 0 Å². The lowest BCUT2D eigenvalue weighted by Gasteiger charge is -2.26. The van der Waals surface area contributed by atoms with Crippen molar-refractivity contribution in [1.29, 1.82) is 0 Å². The molecule has 0 saturated heterocycles. The van der Waals surface area contributed by atoms with Crippen molar-refractivity contribution in [3.63, 3.8) is 0 Å². The highest BCUT2D eigenvalue weighted by atomic mass is 16.3. The summed E-state index contributed by atoms with van der Waals surface area (Å²) in [6, 6.07) is 60.2. The third kappa shape index (κ3) is 3.93. The lowest BCUT2D eigenvalue weighted by Crippen LogP contribution is -2.10. The predicted molar refractivity (Wildman–Crippen MR) is 208 cm³/mol. The van der Waals surface area contributed by atoms with E-state index in [2.05, 4.69) is 155 Å². The minimum atomic E-state index is 0.859. The second kappa shape index (κ2) is 10.4. The van der Waals surface area contributed by atoms with E-state index in [1.807, 2.05) is 24.3 Å². The molecule has 0 aliphatic carbocycles. The molecule has 4 heteroatoms. The Morgan fingerprint density at radius 3 is 1.80 bits per heavy atom. The van der Waals surface area contributed by atoms with Crippen LogP contribution in [0.2, 0.25) is 0 Å². The van der Waals surface area contributed by atoms with Crippen LogP contribution in [0.15, 0.2) is 179 Å². The number of anilines is 3. The van der Waals surface area contributed by atoms with Gasteiger partial charge in [0.25, 0.3) is 0 Å². The molecule has 0 atom stereocenters. The number of fused-ring (bicyclic) bond motifs is 11. The van der Waals surface area contributed by atoms with Gasteiger partial charge in [-0.05, 0) is 83.6 Å². The zero-order valence-electron chi connectivity index (χ0n) is 26.9. The highest BCUT2D eigenvalue weighted by Gasteiger charge is 2.20. The van der Waals surface area contributed by atoms with Crippen LogP contribution in [-0.2, 0) is 0 Å². The fraction of sp³-hybridized carbons (Fsp3) is 0. The zero-order chi connectivity index (χ0) is 32.8. The Labute approximate surface area is 286 Å². The Morgan fingerprint density at radius 2 is 0.940 bits per heavy atom. The summed E-state index contributed by atoms with van der Waals surface area (Å²) in [6.45, 7) is 0. The number of rotatable bonds is 4. The molecule has 0 bridgehead atoms. The third-order valence-corrected chi connectivity index (χ3v) is 10.2. The van der Waals surface area contributed by atoms with Gasteiger partial charge in [0.15, 0.2) is 0 Å². The first-order valence-electron chi connectivity index (χ1n) is 16.9. The van der Waals surface area contributed by atoms with Crippen molar-refractivity contribution in [2.24, 2.45) is 0 Å². The fourth-order valence-electron chi connectivity index (χ4n) is 7.92. The van der Waals surface area contributed by atoms with Crippen LogP contribution in [0.25, 0.3) is 82.1 Å². The smallest absolute Gasteiger partial charge is 0.137 e. The van der Waals surface area contributed by atoms with Gasteiger partial charge in [0.2, 0.25) is 0 Å². The third-order valence-electron chi connectivity index (χ3n) is 10.2. The lowest BCUT2D eigenvalue weighted by atomic mass is 10.0. The summed E-state index contributed by atoms with van der Waals surface area (Å²) in [5, 5.41) is 9.24. The van der Waals surface area contributed by atoms with Gasteiger partial charge in [-0.1, -0.05) is 91.0 Å². The Morgan fingerprint density at radius 1 is 0.360 bits per heavy atom. The number of benzene rings is 8. The van der Waals surface area contributed by atoms with Gasteiger partial charge >= 0.3 is 0 Å². The van der Waals surface area contributed by atoms with Crippen molar-refractivity contribution in [3.8, 4) is 5.69 Å². The predicted octanol–water partition coefficient (Wildman–Crippen LogP) is 13.2. The largest absolute Gasteiger partial charge is 0.456 e. The molecule has 3 heterocycles. The number of hydrogen-bond donors (Lipinski definition) is 0. The molecule has 0 unspecified atom stereocenters. The van der Waals surface area contributed by atoms with Crippen LogP contribution >= 0.6 is 0 Å². The van der Waals surface area contributed by atoms with E-state index in [4.69, 9.17) is 8.83 Å². The molecule has 11 aromatic rings. The molecule has 0 fully saturated rings. The van der Waals surface area contributed by atoms with Crippen LogP contribution in [0.1, 0.15) is 0 Å². The van der Waals surface area contributed by atoms with Gasteiger partial charge in [0, 0.05) is 61.1 Å². The van der Waals surface area contributed by atoms with Crippen LogP contribution in [-0.4, -0.2) is 4.57 Å². The molecule has 0 spiro atoms. The van der Waals surface area contributed by atoms with Crippen molar-refractivity contribution >= 4 is 93.5 Å². The van der Waals surface area contributed by atoms with Crippen molar-refractivity contribution in [2.45, 2.75) is 0 Å². The first-order valence-corrected chi connectivity index (χ1v) is 16.9. The topological polar surface area (TPSA) is 34.5 Å². The molecule has 234 valence electrons. The van der Waals surface area contributed by atoms with Gasteiger partial charge < -0.3 is 18.3 Å². The first kappa shape index (κ1) is 27.2. The van der Waals surface area contributed by atoms with Crippen LogP contribution < -0.4 is 4.90 Å². The van der Waals surface area contributed by atoms with Gasteiger partial charge in [-0.2, -0.15) is 0 Å². The summed E-state index contributed by atoms with van der Waals surface area (Å²) in [5.74, 6) is 0. The molecular weight excluding hydrogens is 613 g/mol. The Kier molecular flexibility index (Phi) is 5.63. The molecule has 0 N–H and O–H groups in total. The number of furan rings is 2. The van der Waals surface area contributed by atoms with E-state index in [0.717, 1.165) is 77.5 Å². The van der Waals surface area contributed by atoms with E-state index in [0.29, 0.717) is 0 Å². The normalized spacial score (nSPS) is 12.0.